The van der Waals surface area contributed by atoms with Gasteiger partial charge in [0.15, 0.2) is 0 Å². The van der Waals surface area contributed by atoms with Crippen molar-refractivity contribution in [1.82, 2.24) is 25.1 Å². The number of aromatic nitrogens is 4. The third-order valence-corrected chi connectivity index (χ3v) is 3.01. The first-order chi connectivity index (χ1) is 9.40. The van der Waals surface area contributed by atoms with Crippen molar-refractivity contribution in [3.8, 4) is 0 Å². The van der Waals surface area contributed by atoms with Gasteiger partial charge in [0.2, 0.25) is 5.89 Å². The molecule has 2 aromatic rings. The minimum atomic E-state index is 0.498. The molecule has 0 amide bonds. The molecular formula is C12H18N6O. The van der Waals surface area contributed by atoms with E-state index in [2.05, 4.69) is 25.8 Å². The zero-order valence-corrected chi connectivity index (χ0v) is 10.7. The molecule has 0 radical (unpaired) electrons. The predicted molar refractivity (Wildman–Crippen MR) is 69.5 cm³/mol. The number of imidazole rings is 1. The van der Waals surface area contributed by atoms with Crippen molar-refractivity contribution < 1.29 is 4.42 Å². The first kappa shape index (κ1) is 12.2. The molecule has 0 aliphatic heterocycles. The summed E-state index contributed by atoms with van der Waals surface area (Å²) in [4.78, 5) is 4.00. The first-order valence-electron chi connectivity index (χ1n) is 6.65. The van der Waals surface area contributed by atoms with Crippen LogP contribution in [-0.4, -0.2) is 32.3 Å². The van der Waals surface area contributed by atoms with Gasteiger partial charge in [0, 0.05) is 31.5 Å². The fourth-order valence-electron chi connectivity index (χ4n) is 1.79. The Bertz CT molecular complexity index is 490. The van der Waals surface area contributed by atoms with E-state index in [0.717, 1.165) is 19.5 Å². The lowest BCUT2D eigenvalue weighted by atomic mass is 10.4. The lowest BCUT2D eigenvalue weighted by molar-refractivity contribution is 0.475. The van der Waals surface area contributed by atoms with E-state index in [0.29, 0.717) is 24.5 Å². The molecule has 1 saturated carbocycles. The van der Waals surface area contributed by atoms with Crippen molar-refractivity contribution in [2.75, 3.05) is 11.9 Å². The van der Waals surface area contributed by atoms with Gasteiger partial charge in [0.1, 0.15) is 0 Å². The van der Waals surface area contributed by atoms with Crippen LogP contribution in [0.4, 0.5) is 6.01 Å². The number of hydrogen-bond donors (Lipinski definition) is 2. The average Bonchev–Trinajstić information content (AvgIpc) is 2.91. The Morgan fingerprint density at radius 3 is 3.11 bits per heavy atom. The van der Waals surface area contributed by atoms with Crippen LogP contribution in [0.25, 0.3) is 0 Å². The fourth-order valence-corrected chi connectivity index (χ4v) is 1.79. The molecule has 19 heavy (non-hydrogen) atoms. The molecule has 1 aliphatic carbocycles. The summed E-state index contributed by atoms with van der Waals surface area (Å²) in [7, 11) is 0. The second kappa shape index (κ2) is 5.83. The Kier molecular flexibility index (Phi) is 3.73. The molecule has 2 aromatic heterocycles. The number of anilines is 1. The highest BCUT2D eigenvalue weighted by Gasteiger charge is 2.21. The Hall–Kier alpha value is -1.89. The van der Waals surface area contributed by atoms with Gasteiger partial charge in [-0.3, -0.25) is 0 Å². The van der Waals surface area contributed by atoms with Gasteiger partial charge in [0.25, 0.3) is 0 Å². The van der Waals surface area contributed by atoms with Crippen LogP contribution in [0, 0.1) is 0 Å². The summed E-state index contributed by atoms with van der Waals surface area (Å²) in [6.07, 6.45) is 9.04. The minimum absolute atomic E-state index is 0.498. The summed E-state index contributed by atoms with van der Waals surface area (Å²) >= 11 is 0. The standard InChI is InChI=1S/C12H18N6O/c1(6-18-7-5-13-9-18)4-14-12-17-16-11(19-12)8-15-10-2-3-10/h5,7,9-10,15H,1-4,6,8H2,(H,14,17). The van der Waals surface area contributed by atoms with E-state index in [9.17, 15) is 0 Å². The molecule has 102 valence electrons. The maximum atomic E-state index is 5.48. The molecule has 0 atom stereocenters. The molecule has 2 N–H and O–H groups in total. The van der Waals surface area contributed by atoms with Gasteiger partial charge in [-0.05, 0) is 19.3 Å². The van der Waals surface area contributed by atoms with Crippen molar-refractivity contribution in [2.24, 2.45) is 0 Å². The van der Waals surface area contributed by atoms with Gasteiger partial charge in [-0.25, -0.2) is 4.98 Å². The predicted octanol–water partition coefficient (Wildman–Crippen LogP) is 1.02. The van der Waals surface area contributed by atoms with Crippen molar-refractivity contribution in [3.05, 3.63) is 24.6 Å². The van der Waals surface area contributed by atoms with Gasteiger partial charge in [-0.15, -0.1) is 5.10 Å². The smallest absolute Gasteiger partial charge is 0.315 e. The van der Waals surface area contributed by atoms with Crippen LogP contribution in [0.2, 0.25) is 0 Å². The van der Waals surface area contributed by atoms with Gasteiger partial charge >= 0.3 is 6.01 Å². The third-order valence-electron chi connectivity index (χ3n) is 3.01. The maximum Gasteiger partial charge on any atom is 0.315 e. The number of hydrogen-bond acceptors (Lipinski definition) is 6. The van der Waals surface area contributed by atoms with Gasteiger partial charge < -0.3 is 19.6 Å². The van der Waals surface area contributed by atoms with Crippen LogP contribution in [0.15, 0.2) is 23.1 Å². The minimum Gasteiger partial charge on any atom is -0.407 e. The number of rotatable bonds is 8. The zero-order chi connectivity index (χ0) is 12.9. The summed E-state index contributed by atoms with van der Waals surface area (Å²) in [6.45, 7) is 2.39. The summed E-state index contributed by atoms with van der Waals surface area (Å²) in [5.74, 6) is 0.643. The average molecular weight is 262 g/mol. The van der Waals surface area contributed by atoms with Crippen LogP contribution in [0.1, 0.15) is 25.2 Å². The summed E-state index contributed by atoms with van der Waals surface area (Å²) < 4.78 is 7.53. The van der Waals surface area contributed by atoms with E-state index >= 15 is 0 Å². The molecule has 0 saturated heterocycles. The molecule has 3 rings (SSSR count). The molecule has 0 bridgehead atoms. The number of aryl methyl sites for hydroxylation is 1. The first-order valence-corrected chi connectivity index (χ1v) is 6.65. The van der Waals surface area contributed by atoms with Crippen molar-refractivity contribution in [2.45, 2.75) is 38.4 Å². The van der Waals surface area contributed by atoms with E-state index in [1.165, 1.54) is 12.8 Å². The number of nitrogens with zero attached hydrogens (tertiary/aromatic N) is 4. The summed E-state index contributed by atoms with van der Waals surface area (Å²) in [5.41, 5.74) is 0. The van der Waals surface area contributed by atoms with E-state index in [4.69, 9.17) is 4.42 Å². The molecule has 0 unspecified atom stereocenters. The SMILES string of the molecule is c1cn(CCCNc2nnc(CNC3CC3)o2)cn1. The molecule has 7 nitrogen and oxygen atoms in total. The molecular weight excluding hydrogens is 244 g/mol. The second-order valence-electron chi connectivity index (χ2n) is 4.74. The Labute approximate surface area is 111 Å². The quantitative estimate of drug-likeness (QED) is 0.691. The highest BCUT2D eigenvalue weighted by atomic mass is 16.4. The Morgan fingerprint density at radius 2 is 2.32 bits per heavy atom. The van der Waals surface area contributed by atoms with Gasteiger partial charge in [0.05, 0.1) is 12.9 Å². The number of nitrogens with one attached hydrogen (secondary N) is 2. The second-order valence-corrected chi connectivity index (χ2v) is 4.74. The molecule has 0 aromatic carbocycles. The van der Waals surface area contributed by atoms with Crippen LogP contribution < -0.4 is 10.6 Å². The molecule has 2 heterocycles. The van der Waals surface area contributed by atoms with E-state index in [-0.39, 0.29) is 0 Å². The summed E-state index contributed by atoms with van der Waals surface area (Å²) in [5, 5.41) is 14.4. The van der Waals surface area contributed by atoms with E-state index < -0.39 is 0 Å². The molecule has 0 spiro atoms. The fraction of sp³-hybridized carbons (Fsp3) is 0.583. The Balaban J connectivity index is 1.35. The van der Waals surface area contributed by atoms with Gasteiger partial charge in [-0.2, -0.15) is 0 Å². The van der Waals surface area contributed by atoms with E-state index in [1.54, 1.807) is 6.20 Å². The van der Waals surface area contributed by atoms with Crippen LogP contribution in [-0.2, 0) is 13.1 Å². The lowest BCUT2D eigenvalue weighted by Gasteiger charge is -2.02. The normalized spacial score (nSPS) is 14.7. The van der Waals surface area contributed by atoms with Crippen molar-refractivity contribution in [3.63, 3.8) is 0 Å². The largest absolute Gasteiger partial charge is 0.407 e. The monoisotopic (exact) mass is 262 g/mol. The molecule has 1 aliphatic rings. The van der Waals surface area contributed by atoms with Gasteiger partial charge in [-0.1, -0.05) is 5.10 Å². The van der Waals surface area contributed by atoms with Crippen LogP contribution >= 0.6 is 0 Å². The van der Waals surface area contributed by atoms with E-state index in [1.807, 2.05) is 17.1 Å². The molecule has 7 heteroatoms. The van der Waals surface area contributed by atoms with Crippen molar-refractivity contribution >= 4 is 6.01 Å². The van der Waals surface area contributed by atoms with Crippen LogP contribution in [0.3, 0.4) is 0 Å². The highest BCUT2D eigenvalue weighted by Crippen LogP contribution is 2.19. The molecule has 1 fully saturated rings. The highest BCUT2D eigenvalue weighted by molar-refractivity contribution is 5.16. The van der Waals surface area contributed by atoms with Crippen molar-refractivity contribution in [1.29, 1.82) is 0 Å². The topological polar surface area (TPSA) is 80.8 Å². The zero-order valence-electron chi connectivity index (χ0n) is 10.7. The Morgan fingerprint density at radius 1 is 1.37 bits per heavy atom. The maximum absolute atomic E-state index is 5.48. The lowest BCUT2D eigenvalue weighted by Crippen LogP contribution is -2.15. The van der Waals surface area contributed by atoms with Crippen LogP contribution in [0.5, 0.6) is 0 Å². The third kappa shape index (κ3) is 3.78. The summed E-state index contributed by atoms with van der Waals surface area (Å²) in [6, 6.07) is 1.15.